The average molecular weight is 397 g/mol. The molecule has 1 aromatic carbocycles. The second kappa shape index (κ2) is 8.32. The number of fused-ring (bicyclic) bond motifs is 1. The van der Waals surface area contributed by atoms with E-state index in [1.54, 1.807) is 13.8 Å². The van der Waals surface area contributed by atoms with E-state index in [2.05, 4.69) is 21.1 Å². The summed E-state index contributed by atoms with van der Waals surface area (Å²) in [6.45, 7) is 7.56. The van der Waals surface area contributed by atoms with Crippen molar-refractivity contribution in [2.24, 2.45) is 0 Å². The van der Waals surface area contributed by atoms with Crippen LogP contribution < -0.4 is 0 Å². The molecule has 0 radical (unpaired) electrons. The minimum atomic E-state index is -0.176. The van der Waals surface area contributed by atoms with Crippen LogP contribution in [0.25, 0.3) is 0 Å². The molecule has 2 aliphatic heterocycles. The van der Waals surface area contributed by atoms with Gasteiger partial charge in [0.15, 0.2) is 5.82 Å². The van der Waals surface area contributed by atoms with Crippen molar-refractivity contribution in [1.29, 1.82) is 0 Å². The minimum absolute atomic E-state index is 0.0255. The highest BCUT2D eigenvalue weighted by atomic mass is 16.5. The van der Waals surface area contributed by atoms with Crippen LogP contribution in [0.4, 0.5) is 0 Å². The van der Waals surface area contributed by atoms with Gasteiger partial charge in [-0.25, -0.2) is 0 Å². The first-order valence-corrected chi connectivity index (χ1v) is 10.2. The van der Waals surface area contributed by atoms with Crippen molar-refractivity contribution in [2.45, 2.75) is 39.3 Å². The van der Waals surface area contributed by atoms with Crippen LogP contribution in [0.1, 0.15) is 42.2 Å². The van der Waals surface area contributed by atoms with Gasteiger partial charge < -0.3 is 14.3 Å². The van der Waals surface area contributed by atoms with Crippen molar-refractivity contribution >= 4 is 11.8 Å². The average Bonchev–Trinajstić information content (AvgIpc) is 3.13. The van der Waals surface area contributed by atoms with E-state index in [1.807, 2.05) is 28.0 Å². The molecule has 3 heterocycles. The lowest BCUT2D eigenvalue weighted by atomic mass is 9.90. The van der Waals surface area contributed by atoms with Crippen LogP contribution in [-0.2, 0) is 22.6 Å². The van der Waals surface area contributed by atoms with Gasteiger partial charge in [0.05, 0.1) is 19.0 Å². The molecule has 4 rings (SSSR count). The zero-order chi connectivity index (χ0) is 20.4. The fourth-order valence-corrected chi connectivity index (χ4v) is 4.30. The third-order valence-corrected chi connectivity index (χ3v) is 5.84. The largest absolute Gasteiger partial charge is 0.340 e. The lowest BCUT2D eigenvalue weighted by Crippen LogP contribution is -2.49. The first kappa shape index (κ1) is 19.6. The summed E-state index contributed by atoms with van der Waals surface area (Å²) >= 11 is 0. The normalized spacial score (nSPS) is 19.9. The van der Waals surface area contributed by atoms with Gasteiger partial charge in [0, 0.05) is 46.6 Å². The van der Waals surface area contributed by atoms with Crippen LogP contribution in [0.3, 0.4) is 0 Å². The third-order valence-electron chi connectivity index (χ3n) is 5.84. The topological polar surface area (TPSA) is 82.8 Å². The maximum absolute atomic E-state index is 13.0. The zero-order valence-electron chi connectivity index (χ0n) is 17.0. The Labute approximate surface area is 170 Å². The predicted molar refractivity (Wildman–Crippen MR) is 106 cm³/mol. The second-order valence-corrected chi connectivity index (χ2v) is 7.77. The Kier molecular flexibility index (Phi) is 5.62. The first-order valence-electron chi connectivity index (χ1n) is 10.2. The molecule has 1 unspecified atom stereocenters. The smallest absolute Gasteiger partial charge is 0.225 e. The first-order chi connectivity index (χ1) is 14.0. The zero-order valence-corrected chi connectivity index (χ0v) is 17.0. The quantitative estimate of drug-likeness (QED) is 0.779. The lowest BCUT2D eigenvalue weighted by molar-refractivity contribution is -0.137. The second-order valence-electron chi connectivity index (χ2n) is 7.77. The molecular formula is C21H27N5O3. The van der Waals surface area contributed by atoms with Crippen LogP contribution >= 0.6 is 0 Å². The van der Waals surface area contributed by atoms with Crippen LogP contribution in [0, 0.1) is 6.92 Å². The molecule has 0 spiro atoms. The van der Waals surface area contributed by atoms with Crippen LogP contribution in [0.2, 0.25) is 0 Å². The molecule has 8 nitrogen and oxygen atoms in total. The fraction of sp³-hybridized carbons (Fsp3) is 0.524. The van der Waals surface area contributed by atoms with Crippen molar-refractivity contribution in [2.75, 3.05) is 32.7 Å². The number of amides is 2. The molecule has 2 aromatic rings. The lowest BCUT2D eigenvalue weighted by Gasteiger charge is -2.39. The Bertz CT molecular complexity index is 888. The number of hydrogen-bond donors (Lipinski definition) is 0. The molecule has 1 atom stereocenters. The molecule has 0 saturated carbocycles. The van der Waals surface area contributed by atoms with Gasteiger partial charge in [0.2, 0.25) is 17.7 Å². The van der Waals surface area contributed by atoms with Crippen molar-refractivity contribution in [3.63, 3.8) is 0 Å². The van der Waals surface area contributed by atoms with Crippen molar-refractivity contribution in [1.82, 2.24) is 24.8 Å². The van der Waals surface area contributed by atoms with Gasteiger partial charge in [-0.1, -0.05) is 29.4 Å². The van der Waals surface area contributed by atoms with E-state index >= 15 is 0 Å². The Morgan fingerprint density at radius 1 is 1.14 bits per heavy atom. The van der Waals surface area contributed by atoms with Gasteiger partial charge in [-0.15, -0.1) is 0 Å². The summed E-state index contributed by atoms with van der Waals surface area (Å²) in [5.41, 5.74) is 2.34. The number of carbonyl (C=O) groups is 2. The summed E-state index contributed by atoms with van der Waals surface area (Å²) < 4.78 is 5.02. The van der Waals surface area contributed by atoms with Gasteiger partial charge in [0.25, 0.3) is 0 Å². The maximum Gasteiger partial charge on any atom is 0.225 e. The molecule has 0 N–H and O–H groups in total. The van der Waals surface area contributed by atoms with E-state index in [1.165, 1.54) is 5.56 Å². The Hall–Kier alpha value is -2.74. The van der Waals surface area contributed by atoms with Crippen molar-refractivity contribution in [3.8, 4) is 0 Å². The van der Waals surface area contributed by atoms with Gasteiger partial charge in [-0.3, -0.25) is 14.5 Å². The summed E-state index contributed by atoms with van der Waals surface area (Å²) in [6.07, 6.45) is 1.18. The number of aromatic nitrogens is 2. The highest BCUT2D eigenvalue weighted by Gasteiger charge is 2.32. The number of piperazine rings is 1. The summed E-state index contributed by atoms with van der Waals surface area (Å²) in [7, 11) is 0. The molecule has 2 amide bonds. The fourth-order valence-electron chi connectivity index (χ4n) is 4.30. The van der Waals surface area contributed by atoms with Crippen LogP contribution in [-0.4, -0.2) is 69.4 Å². The number of carbonyl (C=O) groups excluding carboxylic acids is 2. The summed E-state index contributed by atoms with van der Waals surface area (Å²) in [5, 5.41) is 3.94. The van der Waals surface area contributed by atoms with Crippen molar-refractivity contribution in [3.05, 3.63) is 47.1 Å². The minimum Gasteiger partial charge on any atom is -0.340 e. The Balaban J connectivity index is 1.38. The number of nitrogens with zero attached hydrogens (tertiary/aromatic N) is 5. The molecule has 1 aromatic heterocycles. The molecule has 29 heavy (non-hydrogen) atoms. The van der Waals surface area contributed by atoms with E-state index in [-0.39, 0.29) is 17.9 Å². The van der Waals surface area contributed by atoms with E-state index in [0.29, 0.717) is 44.3 Å². The molecule has 1 saturated heterocycles. The SMILES string of the molecule is CC(=O)N1CCc2ccccc2C1CC(=O)N1CCN(Cc2noc(C)n2)CC1. The number of rotatable bonds is 4. The van der Waals surface area contributed by atoms with E-state index < -0.39 is 0 Å². The predicted octanol–water partition coefficient (Wildman–Crippen LogP) is 1.56. The van der Waals surface area contributed by atoms with Gasteiger partial charge in [0.1, 0.15) is 0 Å². The summed E-state index contributed by atoms with van der Waals surface area (Å²) in [5.74, 6) is 1.38. The maximum atomic E-state index is 13.0. The van der Waals surface area contributed by atoms with Gasteiger partial charge in [-0.05, 0) is 17.5 Å². The molecule has 8 heteroatoms. The summed E-state index contributed by atoms with van der Waals surface area (Å²) in [6, 6.07) is 7.98. The number of aryl methyl sites for hydroxylation is 1. The third kappa shape index (κ3) is 4.32. The number of benzene rings is 1. The molecular weight excluding hydrogens is 370 g/mol. The number of hydrogen-bond acceptors (Lipinski definition) is 6. The van der Waals surface area contributed by atoms with Crippen LogP contribution in [0.15, 0.2) is 28.8 Å². The molecule has 0 aliphatic carbocycles. The van der Waals surface area contributed by atoms with Gasteiger partial charge >= 0.3 is 0 Å². The summed E-state index contributed by atoms with van der Waals surface area (Å²) in [4.78, 5) is 35.4. The van der Waals surface area contributed by atoms with Crippen molar-refractivity contribution < 1.29 is 14.1 Å². The molecule has 154 valence electrons. The monoisotopic (exact) mass is 397 g/mol. The van der Waals surface area contributed by atoms with E-state index in [0.717, 1.165) is 25.1 Å². The van der Waals surface area contributed by atoms with Gasteiger partial charge in [-0.2, -0.15) is 4.98 Å². The molecule has 2 aliphatic rings. The highest BCUT2D eigenvalue weighted by molar-refractivity contribution is 5.80. The highest BCUT2D eigenvalue weighted by Crippen LogP contribution is 2.32. The molecule has 1 fully saturated rings. The standard InChI is InChI=1S/C21H27N5O3/c1-15-22-20(23-29-15)14-24-9-11-25(12-10-24)21(28)13-19-18-6-4-3-5-17(18)7-8-26(19)16(2)27/h3-6,19H,7-14H2,1-2H3. The Morgan fingerprint density at radius 3 is 2.59 bits per heavy atom. The van der Waals surface area contributed by atoms with Crippen LogP contribution in [0.5, 0.6) is 0 Å². The Morgan fingerprint density at radius 2 is 1.90 bits per heavy atom. The van der Waals surface area contributed by atoms with E-state index in [9.17, 15) is 9.59 Å². The molecule has 0 bridgehead atoms. The van der Waals surface area contributed by atoms with E-state index in [4.69, 9.17) is 4.52 Å².